The molecule has 50 heavy (non-hydrogen) atoms. The van der Waals surface area contributed by atoms with Crippen LogP contribution in [-0.2, 0) is 11.3 Å². The van der Waals surface area contributed by atoms with E-state index in [9.17, 15) is 14.4 Å². The third-order valence-corrected chi connectivity index (χ3v) is 9.69. The van der Waals surface area contributed by atoms with Crippen LogP contribution >= 0.6 is 0 Å². The summed E-state index contributed by atoms with van der Waals surface area (Å²) >= 11 is 0. The van der Waals surface area contributed by atoms with Gasteiger partial charge in [0.2, 0.25) is 0 Å². The predicted octanol–water partition coefficient (Wildman–Crippen LogP) is 3.94. The van der Waals surface area contributed by atoms with Gasteiger partial charge in [0.05, 0.1) is 46.7 Å². The van der Waals surface area contributed by atoms with Gasteiger partial charge >= 0.3 is 0 Å². The lowest BCUT2D eigenvalue weighted by Gasteiger charge is -2.42. The number of aldehydes is 1. The predicted molar refractivity (Wildman–Crippen MR) is 191 cm³/mol. The fourth-order valence-electron chi connectivity index (χ4n) is 6.41. The average molecular weight is 678 g/mol. The van der Waals surface area contributed by atoms with E-state index < -0.39 is 0 Å². The van der Waals surface area contributed by atoms with Crippen LogP contribution in [0.5, 0.6) is 0 Å². The van der Waals surface area contributed by atoms with E-state index in [-0.39, 0.29) is 29.6 Å². The lowest BCUT2D eigenvalue weighted by atomic mass is 9.93. The van der Waals surface area contributed by atoms with Gasteiger partial charge in [-0.15, -0.1) is 10.2 Å². The van der Waals surface area contributed by atoms with E-state index in [1.54, 1.807) is 26.2 Å². The second-order valence-electron chi connectivity index (χ2n) is 13.4. The fraction of sp³-hybridized carbons (Fsp3) is 0.417. The second kappa shape index (κ2) is 13.9. The normalized spacial score (nSPS) is 18.1. The molecule has 5 heterocycles. The van der Waals surface area contributed by atoms with Crippen molar-refractivity contribution >= 4 is 41.0 Å². The molecule has 2 aliphatic heterocycles. The number of carbonyl (C=O) groups excluding carboxylic acids is 3. The molecule has 14 nitrogen and oxygen atoms in total. The van der Waals surface area contributed by atoms with Crippen molar-refractivity contribution in [2.45, 2.75) is 57.3 Å². The zero-order valence-corrected chi connectivity index (χ0v) is 28.8. The summed E-state index contributed by atoms with van der Waals surface area (Å²) < 4.78 is 2.18. The number of para-hydroxylation sites is 1. The zero-order valence-electron chi connectivity index (χ0n) is 28.8. The molecule has 2 amide bonds. The highest BCUT2D eigenvalue weighted by Gasteiger charge is 2.37. The molecule has 2 aliphatic carbocycles. The molecule has 4 aromatic rings. The Morgan fingerprint density at radius 3 is 2.42 bits per heavy atom. The lowest BCUT2D eigenvalue weighted by molar-refractivity contribution is -0.108. The van der Waals surface area contributed by atoms with Crippen LogP contribution in [-0.4, -0.2) is 88.2 Å². The molecule has 4 aliphatic rings. The van der Waals surface area contributed by atoms with Crippen LogP contribution in [0.3, 0.4) is 0 Å². The Kier molecular flexibility index (Phi) is 9.19. The van der Waals surface area contributed by atoms with Crippen LogP contribution in [0.25, 0.3) is 11.1 Å². The van der Waals surface area contributed by atoms with Crippen LogP contribution < -0.4 is 26.2 Å². The first-order valence-corrected chi connectivity index (χ1v) is 17.2. The van der Waals surface area contributed by atoms with Gasteiger partial charge < -0.3 is 31.0 Å². The Bertz CT molecular complexity index is 1910. The highest BCUT2D eigenvalue weighted by molar-refractivity contribution is 6.00. The molecule has 1 unspecified atom stereocenters. The number of nitrogens with zero attached hydrogens (tertiary/aromatic N) is 7. The number of hydrogen-bond donors (Lipinski definition) is 4. The van der Waals surface area contributed by atoms with Gasteiger partial charge in [-0.3, -0.25) is 19.2 Å². The van der Waals surface area contributed by atoms with Crippen molar-refractivity contribution in [3.8, 4) is 11.1 Å². The summed E-state index contributed by atoms with van der Waals surface area (Å²) in [4.78, 5) is 43.8. The van der Waals surface area contributed by atoms with E-state index in [2.05, 4.69) is 71.0 Å². The van der Waals surface area contributed by atoms with Crippen molar-refractivity contribution < 1.29 is 14.4 Å². The van der Waals surface area contributed by atoms with Crippen LogP contribution in [0, 0.1) is 5.92 Å². The number of likely N-dealkylation sites (tertiary alicyclic amines) is 1. The number of aromatic nitrogens is 5. The van der Waals surface area contributed by atoms with E-state index in [0.717, 1.165) is 73.3 Å². The van der Waals surface area contributed by atoms with Crippen LogP contribution in [0.4, 0.5) is 22.9 Å². The number of rotatable bonds is 10. The van der Waals surface area contributed by atoms with Gasteiger partial charge in [0.25, 0.3) is 11.8 Å². The molecule has 2 saturated carbocycles. The Balaban J connectivity index is 0.000000722. The molecular weight excluding hydrogens is 634 g/mol. The summed E-state index contributed by atoms with van der Waals surface area (Å²) in [7, 11) is 5.42. The fourth-order valence-corrected chi connectivity index (χ4v) is 6.41. The lowest BCUT2D eigenvalue weighted by Crippen LogP contribution is -2.48. The van der Waals surface area contributed by atoms with Gasteiger partial charge in [-0.05, 0) is 50.8 Å². The first-order chi connectivity index (χ1) is 24.3. The van der Waals surface area contributed by atoms with E-state index >= 15 is 0 Å². The summed E-state index contributed by atoms with van der Waals surface area (Å²) in [6, 6.07) is 14.2. The topological polar surface area (TPSA) is 162 Å². The molecule has 0 radical (unpaired) electrons. The first-order valence-electron chi connectivity index (χ1n) is 17.2. The van der Waals surface area contributed by atoms with E-state index in [1.807, 2.05) is 30.5 Å². The molecule has 0 bridgehead atoms. The largest absolute Gasteiger partial charge is 0.372 e. The molecule has 8 rings (SSSR count). The third kappa shape index (κ3) is 6.75. The monoisotopic (exact) mass is 677 g/mol. The molecule has 1 saturated heterocycles. The number of pyridine rings is 1. The molecule has 14 heteroatoms. The summed E-state index contributed by atoms with van der Waals surface area (Å²) in [5.74, 6) is 0.597. The van der Waals surface area contributed by atoms with Gasteiger partial charge in [-0.2, -0.15) is 5.10 Å². The maximum Gasteiger partial charge on any atom is 0.273 e. The Morgan fingerprint density at radius 1 is 0.960 bits per heavy atom. The molecule has 260 valence electrons. The Hall–Kier alpha value is -5.37. The highest BCUT2D eigenvalue weighted by Crippen LogP contribution is 2.49. The highest BCUT2D eigenvalue weighted by atomic mass is 16.2. The summed E-state index contributed by atoms with van der Waals surface area (Å²) in [5.41, 5.74) is 7.38. The molecule has 1 aromatic carbocycles. The van der Waals surface area contributed by atoms with Gasteiger partial charge in [0.1, 0.15) is 12.0 Å². The minimum atomic E-state index is -0.320. The average Bonchev–Trinajstić information content (AvgIpc) is 4.07. The minimum absolute atomic E-state index is 0.0529. The van der Waals surface area contributed by atoms with E-state index in [1.165, 1.54) is 5.69 Å². The van der Waals surface area contributed by atoms with Crippen molar-refractivity contribution in [2.24, 2.45) is 5.92 Å². The summed E-state index contributed by atoms with van der Waals surface area (Å²) in [6.45, 7) is 4.59. The molecule has 1 atom stereocenters. The van der Waals surface area contributed by atoms with E-state index in [4.69, 9.17) is 5.10 Å². The second-order valence-corrected chi connectivity index (χ2v) is 13.4. The Labute approximate surface area is 291 Å². The molecular formula is C36H43N11O3. The number of benzene rings is 1. The maximum atomic E-state index is 12.6. The van der Waals surface area contributed by atoms with Crippen molar-refractivity contribution in [3.05, 3.63) is 71.4 Å². The van der Waals surface area contributed by atoms with Gasteiger partial charge in [0, 0.05) is 69.9 Å². The number of carbonyl (C=O) groups is 3. The van der Waals surface area contributed by atoms with Gasteiger partial charge in [-0.1, -0.05) is 18.2 Å². The standard InChI is InChI=1S/C32H37N11O2.C4H6O/c1-18-29-23(14-35-43(29)21-16-42(17-21)15-20-7-5-10-25(36-20)31(44)37-19-11-12-19)22-8-6-9-24(30(22)41(18)4)38-26-13-27(33-2)39-40-28(26)32(45)34-3;5-3-4-1-2-4/h5-10,13-14,18-19,21H,11-12,15-17H2,1-4H3,(H,34,45)(H,37,44)(H2,33,38,39);3-4H,1-2H2. The van der Waals surface area contributed by atoms with Crippen LogP contribution in [0.2, 0.25) is 0 Å². The quantitative estimate of drug-likeness (QED) is 0.180. The number of amides is 2. The number of nitrogens with one attached hydrogen (secondary N) is 4. The van der Waals surface area contributed by atoms with E-state index in [0.29, 0.717) is 35.7 Å². The summed E-state index contributed by atoms with van der Waals surface area (Å²) in [5, 5.41) is 25.3. The Morgan fingerprint density at radius 2 is 1.74 bits per heavy atom. The van der Waals surface area contributed by atoms with Crippen LogP contribution in [0.15, 0.2) is 48.7 Å². The van der Waals surface area contributed by atoms with Crippen molar-refractivity contribution in [1.82, 2.24) is 40.5 Å². The van der Waals surface area contributed by atoms with Crippen molar-refractivity contribution in [1.29, 1.82) is 0 Å². The minimum Gasteiger partial charge on any atom is -0.372 e. The molecule has 3 fully saturated rings. The number of hydrogen-bond acceptors (Lipinski definition) is 11. The number of fused-ring (bicyclic) bond motifs is 3. The first kappa shape index (κ1) is 33.1. The molecule has 4 N–H and O–H groups in total. The van der Waals surface area contributed by atoms with Gasteiger partial charge in [0.15, 0.2) is 11.5 Å². The number of anilines is 4. The smallest absolute Gasteiger partial charge is 0.273 e. The maximum absolute atomic E-state index is 12.6. The molecule has 3 aromatic heterocycles. The van der Waals surface area contributed by atoms with Crippen molar-refractivity contribution in [2.75, 3.05) is 49.8 Å². The van der Waals surface area contributed by atoms with Crippen LogP contribution in [0.1, 0.15) is 77.1 Å². The molecule has 0 spiro atoms. The zero-order chi connectivity index (χ0) is 34.9. The van der Waals surface area contributed by atoms with Gasteiger partial charge in [-0.25, -0.2) is 4.98 Å². The van der Waals surface area contributed by atoms with Crippen molar-refractivity contribution in [3.63, 3.8) is 0 Å². The third-order valence-electron chi connectivity index (χ3n) is 9.69. The summed E-state index contributed by atoms with van der Waals surface area (Å²) in [6.07, 6.45) is 7.39. The SMILES string of the molecule is CNC(=O)c1nnc(NC)cc1Nc1cccc2c1N(C)C(C)c1c-2cnn1C1CN(Cc2cccc(C(=O)NC3CC3)n2)C1.O=CC1CC1.